The molecule has 12 heteroatoms. The summed E-state index contributed by atoms with van der Waals surface area (Å²) in [5.74, 6) is 0.319. The van der Waals surface area contributed by atoms with E-state index in [0.29, 0.717) is 31.5 Å². The molecule has 0 radical (unpaired) electrons. The molecule has 1 fully saturated rings. The third-order valence-electron chi connectivity index (χ3n) is 5.50. The second-order valence-electron chi connectivity index (χ2n) is 8.01. The van der Waals surface area contributed by atoms with Crippen molar-refractivity contribution in [2.45, 2.75) is 37.6 Å². The molecule has 2 aromatic heterocycles. The van der Waals surface area contributed by atoms with E-state index in [1.807, 2.05) is 11.8 Å². The Kier molecular flexibility index (Phi) is 4.93. The third-order valence-corrected chi connectivity index (χ3v) is 7.55. The van der Waals surface area contributed by atoms with Crippen molar-refractivity contribution in [3.63, 3.8) is 0 Å². The van der Waals surface area contributed by atoms with E-state index in [9.17, 15) is 13.2 Å². The maximum Gasteiger partial charge on any atom is 0.294 e. The van der Waals surface area contributed by atoms with E-state index in [4.69, 9.17) is 9.47 Å². The number of carbonyl (C=O) groups is 1. The van der Waals surface area contributed by atoms with Crippen molar-refractivity contribution in [2.24, 2.45) is 0 Å². The number of nitrogens with one attached hydrogen (secondary N) is 2. The fourth-order valence-corrected chi connectivity index (χ4v) is 4.01. The number of aromatic nitrogens is 4. The number of ether oxygens (including phenoxy) is 2. The van der Waals surface area contributed by atoms with Gasteiger partial charge < -0.3 is 19.7 Å². The molecule has 2 unspecified atom stereocenters. The van der Waals surface area contributed by atoms with Gasteiger partial charge in [-0.25, -0.2) is 18.4 Å². The zero-order valence-corrected chi connectivity index (χ0v) is 18.0. The molecular weight excluding hydrogens is 412 g/mol. The van der Waals surface area contributed by atoms with Crippen LogP contribution < -0.4 is 15.0 Å². The maximum absolute atomic E-state index is 12.9. The smallest absolute Gasteiger partial charge is 0.294 e. The Balaban J connectivity index is 1.87. The third kappa shape index (κ3) is 3.39. The van der Waals surface area contributed by atoms with Gasteiger partial charge in [-0.1, -0.05) is 0 Å². The van der Waals surface area contributed by atoms with Crippen molar-refractivity contribution in [3.05, 3.63) is 23.8 Å². The molecule has 2 atom stereocenters. The van der Waals surface area contributed by atoms with Crippen LogP contribution in [0, 0.1) is 0 Å². The van der Waals surface area contributed by atoms with Crippen LogP contribution in [0.15, 0.2) is 12.3 Å². The molecule has 0 aliphatic carbocycles. The second-order valence-corrected chi connectivity index (χ2v) is 10.6. The van der Waals surface area contributed by atoms with E-state index in [1.54, 1.807) is 19.9 Å². The van der Waals surface area contributed by atoms with E-state index in [0.717, 1.165) is 6.26 Å². The molecule has 0 saturated carbocycles. The van der Waals surface area contributed by atoms with Crippen molar-refractivity contribution in [3.8, 4) is 5.75 Å². The Morgan fingerprint density at radius 1 is 1.30 bits per heavy atom. The topological polar surface area (TPSA) is 139 Å². The van der Waals surface area contributed by atoms with Gasteiger partial charge in [0, 0.05) is 12.3 Å². The summed E-state index contributed by atoms with van der Waals surface area (Å²) in [7, 11) is -3.59. The van der Waals surface area contributed by atoms with Crippen molar-refractivity contribution >= 4 is 27.4 Å². The first kappa shape index (κ1) is 20.5. The minimum atomic E-state index is -3.59. The summed E-state index contributed by atoms with van der Waals surface area (Å²) >= 11 is 0. The van der Waals surface area contributed by atoms with Crippen LogP contribution in [-0.2, 0) is 19.3 Å². The van der Waals surface area contributed by atoms with Gasteiger partial charge >= 0.3 is 0 Å². The number of amides is 1. The molecule has 11 nitrogen and oxygen atoms in total. The number of carbonyl (C=O) groups excluding carboxylic acids is 1. The average molecular weight is 436 g/mol. The lowest BCUT2D eigenvalue weighted by Crippen LogP contribution is -2.56. The van der Waals surface area contributed by atoms with E-state index >= 15 is 0 Å². The van der Waals surface area contributed by atoms with Gasteiger partial charge in [0.1, 0.15) is 22.9 Å². The molecule has 2 aliphatic heterocycles. The van der Waals surface area contributed by atoms with Gasteiger partial charge in [0.25, 0.3) is 5.91 Å². The number of aromatic amines is 1. The van der Waals surface area contributed by atoms with E-state index in [1.165, 1.54) is 6.20 Å². The number of nitrogens with zero attached hydrogens (tertiary/aromatic N) is 4. The molecule has 0 spiro atoms. The van der Waals surface area contributed by atoms with Gasteiger partial charge in [-0.3, -0.25) is 9.89 Å². The standard InChI is InChI=1S/C18H24N6O5S/c1-10-7-28-8-11-9-29-13-14(18(2,3)30(4,26)27)21-15(22-16(13)24(10)11)17(25)20-12-5-6-19-23-12/h5-6,10-11H,7-9H2,1-4H3,(H2,19,20,23,25). The van der Waals surface area contributed by atoms with Gasteiger partial charge in [-0.2, -0.15) is 5.10 Å². The first-order valence-corrected chi connectivity index (χ1v) is 11.4. The summed E-state index contributed by atoms with van der Waals surface area (Å²) in [4.78, 5) is 23.7. The molecule has 30 heavy (non-hydrogen) atoms. The summed E-state index contributed by atoms with van der Waals surface area (Å²) in [6.45, 7) is 6.32. The Bertz CT molecular complexity index is 1070. The Labute approximate surface area is 174 Å². The lowest BCUT2D eigenvalue weighted by Gasteiger charge is -2.45. The number of rotatable bonds is 4. The number of fused-ring (bicyclic) bond motifs is 3. The van der Waals surface area contributed by atoms with Gasteiger partial charge in [-0.15, -0.1) is 0 Å². The van der Waals surface area contributed by atoms with Crippen LogP contribution in [0.5, 0.6) is 5.75 Å². The molecule has 4 heterocycles. The zero-order valence-electron chi connectivity index (χ0n) is 17.2. The molecular formula is C18H24N6O5S. The summed E-state index contributed by atoms with van der Waals surface area (Å²) in [6.07, 6.45) is 2.63. The van der Waals surface area contributed by atoms with Crippen LogP contribution in [0.3, 0.4) is 0 Å². The van der Waals surface area contributed by atoms with E-state index < -0.39 is 20.5 Å². The quantitative estimate of drug-likeness (QED) is 0.709. The number of sulfone groups is 1. The lowest BCUT2D eigenvalue weighted by atomic mass is 10.0. The fraction of sp³-hybridized carbons (Fsp3) is 0.556. The number of hydrogen-bond acceptors (Lipinski definition) is 9. The molecule has 2 aliphatic rings. The molecule has 2 N–H and O–H groups in total. The number of anilines is 2. The predicted molar refractivity (Wildman–Crippen MR) is 108 cm³/mol. The highest BCUT2D eigenvalue weighted by Gasteiger charge is 2.44. The van der Waals surface area contributed by atoms with Crippen molar-refractivity contribution in [1.82, 2.24) is 20.2 Å². The summed E-state index contributed by atoms with van der Waals surface area (Å²) < 4.78 is 35.3. The zero-order chi connectivity index (χ0) is 21.7. The van der Waals surface area contributed by atoms with Gasteiger partial charge in [0.05, 0.1) is 31.5 Å². The maximum atomic E-state index is 12.9. The molecule has 162 valence electrons. The molecule has 0 bridgehead atoms. The highest BCUT2D eigenvalue weighted by Crippen LogP contribution is 2.43. The van der Waals surface area contributed by atoms with Crippen LogP contribution in [0.2, 0.25) is 0 Å². The monoisotopic (exact) mass is 436 g/mol. The lowest BCUT2D eigenvalue weighted by molar-refractivity contribution is 0.0481. The highest BCUT2D eigenvalue weighted by atomic mass is 32.2. The minimum Gasteiger partial charge on any atom is -0.486 e. The molecule has 0 aromatic carbocycles. The minimum absolute atomic E-state index is 0.0287. The van der Waals surface area contributed by atoms with E-state index in [2.05, 4.69) is 25.5 Å². The Morgan fingerprint density at radius 3 is 2.73 bits per heavy atom. The van der Waals surface area contributed by atoms with Crippen LogP contribution in [0.4, 0.5) is 11.6 Å². The second kappa shape index (κ2) is 7.20. The Hall–Kier alpha value is -2.73. The molecule has 4 rings (SSSR count). The SMILES string of the molecule is CC1COCC2COc3c(nc(C(=O)Nc4ccn[nH]4)nc3C(C)(C)S(C)(=O)=O)N12. The average Bonchev–Trinajstić information content (AvgIpc) is 3.19. The normalized spacial score (nSPS) is 21.4. The summed E-state index contributed by atoms with van der Waals surface area (Å²) in [5.41, 5.74) is 0.155. The number of morpholine rings is 1. The van der Waals surface area contributed by atoms with Crippen LogP contribution >= 0.6 is 0 Å². The molecule has 1 saturated heterocycles. The Morgan fingerprint density at radius 2 is 2.07 bits per heavy atom. The van der Waals surface area contributed by atoms with Crippen LogP contribution in [-0.4, -0.2) is 72.7 Å². The summed E-state index contributed by atoms with van der Waals surface area (Å²) in [6, 6.07) is 1.47. The predicted octanol–water partition coefficient (Wildman–Crippen LogP) is 0.718. The van der Waals surface area contributed by atoms with Gasteiger partial charge in [0.15, 0.2) is 21.4 Å². The number of hydrogen-bond donors (Lipinski definition) is 2. The van der Waals surface area contributed by atoms with Gasteiger partial charge in [-0.05, 0) is 20.8 Å². The first-order valence-electron chi connectivity index (χ1n) is 9.51. The van der Waals surface area contributed by atoms with Crippen LogP contribution in [0.25, 0.3) is 0 Å². The fourth-order valence-electron chi connectivity index (χ4n) is 3.52. The van der Waals surface area contributed by atoms with Gasteiger partial charge in [0.2, 0.25) is 5.82 Å². The van der Waals surface area contributed by atoms with Crippen molar-refractivity contribution in [1.29, 1.82) is 0 Å². The number of H-pyrrole nitrogens is 1. The molecule has 2 aromatic rings. The van der Waals surface area contributed by atoms with E-state index in [-0.39, 0.29) is 29.4 Å². The van der Waals surface area contributed by atoms with Crippen LogP contribution in [0.1, 0.15) is 37.1 Å². The largest absolute Gasteiger partial charge is 0.486 e. The highest BCUT2D eigenvalue weighted by molar-refractivity contribution is 7.91. The first-order chi connectivity index (χ1) is 14.1. The van der Waals surface area contributed by atoms with Crippen molar-refractivity contribution < 1.29 is 22.7 Å². The molecule has 1 amide bonds. The summed E-state index contributed by atoms with van der Waals surface area (Å²) in [5, 5.41) is 9.06. The van der Waals surface area contributed by atoms with Crippen molar-refractivity contribution in [2.75, 3.05) is 36.3 Å².